The van der Waals surface area contributed by atoms with Crippen LogP contribution in [0, 0.1) is 0 Å². The standard InChI is InChI=1S/C12H14ClN5O/c1-15-10-6-11(18-12(14)17-10)16-7-3-4-8(13)9(5-7)19-2/h3-6H,1-2H3,(H4,14,15,16,17,18). The highest BCUT2D eigenvalue weighted by molar-refractivity contribution is 6.32. The van der Waals surface area contributed by atoms with Crippen molar-refractivity contribution < 1.29 is 4.74 Å². The molecule has 0 radical (unpaired) electrons. The number of ether oxygens (including phenoxy) is 1. The molecule has 100 valence electrons. The Bertz CT molecular complexity index is 590. The summed E-state index contributed by atoms with van der Waals surface area (Å²) >= 11 is 5.96. The maximum absolute atomic E-state index is 5.96. The Morgan fingerprint density at radius 3 is 2.63 bits per heavy atom. The molecule has 1 aromatic heterocycles. The van der Waals surface area contributed by atoms with Gasteiger partial charge in [0.25, 0.3) is 0 Å². The zero-order valence-electron chi connectivity index (χ0n) is 10.6. The molecule has 6 nitrogen and oxygen atoms in total. The van der Waals surface area contributed by atoms with E-state index in [2.05, 4.69) is 20.6 Å². The number of anilines is 4. The Morgan fingerprint density at radius 2 is 1.95 bits per heavy atom. The molecule has 4 N–H and O–H groups in total. The van der Waals surface area contributed by atoms with E-state index >= 15 is 0 Å². The second kappa shape index (κ2) is 5.62. The molecule has 0 aliphatic heterocycles. The van der Waals surface area contributed by atoms with Crippen molar-refractivity contribution >= 4 is 34.9 Å². The van der Waals surface area contributed by atoms with E-state index in [0.717, 1.165) is 5.69 Å². The molecule has 7 heteroatoms. The van der Waals surface area contributed by atoms with Gasteiger partial charge in [0.05, 0.1) is 12.1 Å². The first-order valence-corrected chi connectivity index (χ1v) is 5.93. The van der Waals surface area contributed by atoms with Gasteiger partial charge in [0.15, 0.2) is 0 Å². The number of aromatic nitrogens is 2. The molecule has 0 aliphatic carbocycles. The lowest BCUT2D eigenvalue weighted by Gasteiger charge is -2.10. The van der Waals surface area contributed by atoms with Crippen molar-refractivity contribution in [2.75, 3.05) is 30.5 Å². The van der Waals surface area contributed by atoms with Gasteiger partial charge in [-0.25, -0.2) is 0 Å². The predicted octanol–water partition coefficient (Wildman–Crippen LogP) is 2.51. The summed E-state index contributed by atoms with van der Waals surface area (Å²) in [6.45, 7) is 0. The summed E-state index contributed by atoms with van der Waals surface area (Å²) in [6.07, 6.45) is 0. The highest BCUT2D eigenvalue weighted by atomic mass is 35.5. The molecule has 0 amide bonds. The van der Waals surface area contributed by atoms with E-state index < -0.39 is 0 Å². The number of hydrogen-bond acceptors (Lipinski definition) is 6. The van der Waals surface area contributed by atoms with E-state index in [0.29, 0.717) is 22.4 Å². The van der Waals surface area contributed by atoms with Crippen molar-refractivity contribution in [1.29, 1.82) is 0 Å². The molecule has 0 atom stereocenters. The van der Waals surface area contributed by atoms with Crippen LogP contribution in [-0.2, 0) is 0 Å². The zero-order valence-corrected chi connectivity index (χ0v) is 11.3. The smallest absolute Gasteiger partial charge is 0.223 e. The van der Waals surface area contributed by atoms with Crippen LogP contribution >= 0.6 is 11.6 Å². The molecular formula is C12H14ClN5O. The lowest BCUT2D eigenvalue weighted by atomic mass is 10.3. The van der Waals surface area contributed by atoms with Crippen molar-refractivity contribution in [3.05, 3.63) is 29.3 Å². The third kappa shape index (κ3) is 3.17. The van der Waals surface area contributed by atoms with Crippen LogP contribution in [0.4, 0.5) is 23.3 Å². The average molecular weight is 280 g/mol. The van der Waals surface area contributed by atoms with Gasteiger partial charge >= 0.3 is 0 Å². The maximum Gasteiger partial charge on any atom is 0.223 e. The Labute approximate surface area is 116 Å². The number of nitrogens with two attached hydrogens (primary N) is 1. The average Bonchev–Trinajstić information content (AvgIpc) is 2.40. The van der Waals surface area contributed by atoms with Crippen LogP contribution in [-0.4, -0.2) is 24.1 Å². The SMILES string of the molecule is CNc1cc(Nc2ccc(Cl)c(OC)c2)nc(N)n1. The zero-order chi connectivity index (χ0) is 13.8. The van der Waals surface area contributed by atoms with Crippen molar-refractivity contribution in [2.24, 2.45) is 0 Å². The summed E-state index contributed by atoms with van der Waals surface area (Å²) in [6, 6.07) is 7.09. The van der Waals surface area contributed by atoms with Crippen molar-refractivity contribution in [3.8, 4) is 5.75 Å². The lowest BCUT2D eigenvalue weighted by molar-refractivity contribution is 0.415. The van der Waals surface area contributed by atoms with Gasteiger partial charge in [0, 0.05) is 24.9 Å². The highest BCUT2D eigenvalue weighted by Crippen LogP contribution is 2.29. The Morgan fingerprint density at radius 1 is 1.21 bits per heavy atom. The molecule has 19 heavy (non-hydrogen) atoms. The maximum atomic E-state index is 5.96. The first-order valence-electron chi connectivity index (χ1n) is 5.55. The molecule has 0 spiro atoms. The van der Waals surface area contributed by atoms with Crippen molar-refractivity contribution in [1.82, 2.24) is 9.97 Å². The third-order valence-electron chi connectivity index (χ3n) is 2.42. The summed E-state index contributed by atoms with van der Waals surface area (Å²) in [5.41, 5.74) is 6.41. The van der Waals surface area contributed by atoms with E-state index in [1.165, 1.54) is 0 Å². The monoisotopic (exact) mass is 279 g/mol. The molecule has 0 fully saturated rings. The second-order valence-electron chi connectivity index (χ2n) is 3.72. The number of benzene rings is 1. The van der Waals surface area contributed by atoms with E-state index in [1.54, 1.807) is 32.4 Å². The van der Waals surface area contributed by atoms with Gasteiger partial charge in [-0.2, -0.15) is 9.97 Å². The molecule has 2 rings (SSSR count). The van der Waals surface area contributed by atoms with Gasteiger partial charge in [0.2, 0.25) is 5.95 Å². The number of rotatable bonds is 4. The minimum atomic E-state index is 0.190. The molecule has 0 bridgehead atoms. The van der Waals surface area contributed by atoms with Crippen LogP contribution in [0.15, 0.2) is 24.3 Å². The van der Waals surface area contributed by atoms with Gasteiger partial charge in [-0.05, 0) is 12.1 Å². The first kappa shape index (κ1) is 13.2. The Kier molecular flexibility index (Phi) is 3.91. The van der Waals surface area contributed by atoms with E-state index in [-0.39, 0.29) is 5.95 Å². The number of halogens is 1. The Balaban J connectivity index is 2.28. The predicted molar refractivity (Wildman–Crippen MR) is 77.3 cm³/mol. The summed E-state index contributed by atoms with van der Waals surface area (Å²) in [5, 5.41) is 6.57. The van der Waals surface area contributed by atoms with Gasteiger partial charge in [-0.3, -0.25) is 0 Å². The molecule has 0 aliphatic rings. The van der Waals surface area contributed by atoms with Crippen LogP contribution in [0.25, 0.3) is 0 Å². The van der Waals surface area contributed by atoms with E-state index in [1.807, 2.05) is 6.07 Å². The number of nitrogen functional groups attached to an aromatic ring is 1. The number of nitrogens with zero attached hydrogens (tertiary/aromatic N) is 2. The molecule has 0 saturated carbocycles. The number of nitrogens with one attached hydrogen (secondary N) is 2. The fourth-order valence-corrected chi connectivity index (χ4v) is 1.74. The number of methoxy groups -OCH3 is 1. The van der Waals surface area contributed by atoms with Crippen molar-refractivity contribution in [3.63, 3.8) is 0 Å². The Hall–Kier alpha value is -2.21. The van der Waals surface area contributed by atoms with E-state index in [4.69, 9.17) is 22.1 Å². The van der Waals surface area contributed by atoms with Crippen molar-refractivity contribution in [2.45, 2.75) is 0 Å². The quantitative estimate of drug-likeness (QED) is 0.797. The highest BCUT2D eigenvalue weighted by Gasteiger charge is 2.05. The largest absolute Gasteiger partial charge is 0.495 e. The fourth-order valence-electron chi connectivity index (χ4n) is 1.54. The van der Waals surface area contributed by atoms with Gasteiger partial charge < -0.3 is 21.1 Å². The summed E-state index contributed by atoms with van der Waals surface area (Å²) in [7, 11) is 3.32. The first-order chi connectivity index (χ1) is 9.12. The third-order valence-corrected chi connectivity index (χ3v) is 2.74. The van der Waals surface area contributed by atoms with E-state index in [9.17, 15) is 0 Å². The van der Waals surface area contributed by atoms with Gasteiger partial charge in [0.1, 0.15) is 17.4 Å². The summed E-state index contributed by atoms with van der Waals surface area (Å²) < 4.78 is 5.15. The molecule has 0 unspecified atom stereocenters. The minimum Gasteiger partial charge on any atom is -0.495 e. The molecule has 1 aromatic carbocycles. The second-order valence-corrected chi connectivity index (χ2v) is 4.13. The fraction of sp³-hybridized carbons (Fsp3) is 0.167. The van der Waals surface area contributed by atoms with Crippen LogP contribution in [0.2, 0.25) is 5.02 Å². The van der Waals surface area contributed by atoms with Gasteiger partial charge in [-0.15, -0.1) is 0 Å². The molecule has 1 heterocycles. The lowest BCUT2D eigenvalue weighted by Crippen LogP contribution is -2.03. The van der Waals surface area contributed by atoms with Gasteiger partial charge in [-0.1, -0.05) is 11.6 Å². The van der Waals surface area contributed by atoms with Crippen LogP contribution in [0.1, 0.15) is 0 Å². The molecule has 2 aromatic rings. The van der Waals surface area contributed by atoms with Crippen LogP contribution < -0.4 is 21.1 Å². The minimum absolute atomic E-state index is 0.190. The summed E-state index contributed by atoms with van der Waals surface area (Å²) in [4.78, 5) is 8.11. The normalized spacial score (nSPS) is 10.1. The number of hydrogen-bond donors (Lipinski definition) is 3. The molecule has 0 saturated heterocycles. The molecular weight excluding hydrogens is 266 g/mol. The van der Waals surface area contributed by atoms with Crippen LogP contribution in [0.3, 0.4) is 0 Å². The summed E-state index contributed by atoms with van der Waals surface area (Å²) in [5.74, 6) is 2.00. The van der Waals surface area contributed by atoms with Crippen LogP contribution in [0.5, 0.6) is 5.75 Å². The topological polar surface area (TPSA) is 85.1 Å².